The number of carbonyl (C=O) groups excluding carboxylic acids is 1. The van der Waals surface area contributed by atoms with E-state index in [0.29, 0.717) is 24.4 Å². The van der Waals surface area contributed by atoms with E-state index in [-0.39, 0.29) is 5.91 Å². The highest BCUT2D eigenvalue weighted by molar-refractivity contribution is 5.97. The van der Waals surface area contributed by atoms with Gasteiger partial charge in [0.1, 0.15) is 11.5 Å². The summed E-state index contributed by atoms with van der Waals surface area (Å²) in [7, 11) is 0. The summed E-state index contributed by atoms with van der Waals surface area (Å²) in [5.41, 5.74) is 6.55. The number of nitrogens with one attached hydrogen (secondary N) is 1. The number of nitrogens with zero attached hydrogens (tertiary/aromatic N) is 3. The van der Waals surface area contributed by atoms with Gasteiger partial charge < -0.3 is 18.9 Å². The molecule has 0 fully saturated rings. The summed E-state index contributed by atoms with van der Waals surface area (Å²) in [6.45, 7) is 5.90. The lowest BCUT2D eigenvalue weighted by atomic mass is 10.1. The SMILES string of the molecule is CCn1c(CNC(=O)c2cc3occc3n2Cc2ccc(C)cc2)nc2ccccc21. The highest BCUT2D eigenvalue weighted by Crippen LogP contribution is 2.23. The number of furan rings is 1. The normalized spacial score (nSPS) is 11.4. The first-order chi connectivity index (χ1) is 15.1. The van der Waals surface area contributed by atoms with Crippen molar-refractivity contribution in [3.63, 3.8) is 0 Å². The molecule has 0 saturated carbocycles. The number of imidazole rings is 1. The highest BCUT2D eigenvalue weighted by Gasteiger charge is 2.19. The van der Waals surface area contributed by atoms with Crippen LogP contribution in [0, 0.1) is 6.92 Å². The van der Waals surface area contributed by atoms with Gasteiger partial charge in [-0.15, -0.1) is 0 Å². The van der Waals surface area contributed by atoms with Crippen molar-refractivity contribution in [2.75, 3.05) is 0 Å². The molecule has 2 aromatic carbocycles. The van der Waals surface area contributed by atoms with Gasteiger partial charge in [0.15, 0.2) is 5.58 Å². The van der Waals surface area contributed by atoms with Gasteiger partial charge in [-0.05, 0) is 31.5 Å². The molecule has 6 nitrogen and oxygen atoms in total. The minimum Gasteiger partial charge on any atom is -0.463 e. The lowest BCUT2D eigenvalue weighted by molar-refractivity contribution is 0.0941. The van der Waals surface area contributed by atoms with Crippen molar-refractivity contribution < 1.29 is 9.21 Å². The zero-order valence-corrected chi connectivity index (χ0v) is 17.6. The second kappa shape index (κ2) is 7.80. The van der Waals surface area contributed by atoms with Crippen LogP contribution in [-0.2, 0) is 19.6 Å². The third-order valence-corrected chi connectivity index (χ3v) is 5.67. The largest absolute Gasteiger partial charge is 0.463 e. The summed E-state index contributed by atoms with van der Waals surface area (Å²) in [5.74, 6) is 0.700. The third kappa shape index (κ3) is 3.50. The van der Waals surface area contributed by atoms with Gasteiger partial charge in [0.25, 0.3) is 5.91 Å². The van der Waals surface area contributed by atoms with Crippen LogP contribution in [0.4, 0.5) is 0 Å². The number of hydrogen-bond acceptors (Lipinski definition) is 3. The molecule has 0 radical (unpaired) electrons. The number of benzene rings is 2. The predicted octanol–water partition coefficient (Wildman–Crippen LogP) is 4.89. The summed E-state index contributed by atoms with van der Waals surface area (Å²) >= 11 is 0. The average Bonchev–Trinajstić information content (AvgIpc) is 3.47. The van der Waals surface area contributed by atoms with Gasteiger partial charge in [-0.2, -0.15) is 0 Å². The van der Waals surface area contributed by atoms with E-state index >= 15 is 0 Å². The predicted molar refractivity (Wildman–Crippen MR) is 121 cm³/mol. The van der Waals surface area contributed by atoms with Crippen LogP contribution in [0.2, 0.25) is 0 Å². The molecule has 0 aliphatic rings. The van der Waals surface area contributed by atoms with Gasteiger partial charge in [0.05, 0.1) is 29.4 Å². The number of carbonyl (C=O) groups is 1. The molecule has 0 bridgehead atoms. The van der Waals surface area contributed by atoms with Crippen molar-refractivity contribution in [3.8, 4) is 0 Å². The van der Waals surface area contributed by atoms with Crippen LogP contribution in [0.15, 0.2) is 71.3 Å². The molecule has 0 aliphatic carbocycles. The first-order valence-corrected chi connectivity index (χ1v) is 10.5. The van der Waals surface area contributed by atoms with E-state index in [4.69, 9.17) is 9.40 Å². The van der Waals surface area contributed by atoms with Crippen molar-refractivity contribution in [1.82, 2.24) is 19.4 Å². The van der Waals surface area contributed by atoms with E-state index in [2.05, 4.69) is 54.1 Å². The molecule has 0 atom stereocenters. The molecule has 156 valence electrons. The Bertz CT molecular complexity index is 1370. The van der Waals surface area contributed by atoms with Crippen LogP contribution in [0.3, 0.4) is 0 Å². The molecule has 3 heterocycles. The molecule has 3 aromatic heterocycles. The van der Waals surface area contributed by atoms with Crippen molar-refractivity contribution in [2.45, 2.75) is 33.5 Å². The highest BCUT2D eigenvalue weighted by atomic mass is 16.3. The Kier molecular flexibility index (Phi) is 4.82. The quantitative estimate of drug-likeness (QED) is 0.432. The molecular formula is C25H24N4O2. The maximum Gasteiger partial charge on any atom is 0.268 e. The first kappa shape index (κ1) is 19.2. The van der Waals surface area contributed by atoms with Crippen LogP contribution in [0.1, 0.15) is 34.4 Å². The van der Waals surface area contributed by atoms with E-state index < -0.39 is 0 Å². The molecule has 31 heavy (non-hydrogen) atoms. The molecule has 6 heteroatoms. The van der Waals surface area contributed by atoms with E-state index in [9.17, 15) is 4.79 Å². The fourth-order valence-corrected chi connectivity index (χ4v) is 4.07. The molecule has 5 rings (SSSR count). The van der Waals surface area contributed by atoms with Crippen molar-refractivity contribution in [3.05, 3.63) is 89.6 Å². The lowest BCUT2D eigenvalue weighted by Crippen LogP contribution is -2.27. The standard InChI is InChI=1S/C25H24N4O2/c1-3-28-20-7-5-4-6-19(20)27-24(28)15-26-25(30)22-14-23-21(12-13-31-23)29(22)16-18-10-8-17(2)9-11-18/h4-14H,3,15-16H2,1-2H3,(H,26,30). The Morgan fingerprint density at radius 1 is 1.03 bits per heavy atom. The van der Waals surface area contributed by atoms with E-state index in [1.165, 1.54) is 5.56 Å². The molecular weight excluding hydrogens is 388 g/mol. The second-order valence-electron chi connectivity index (χ2n) is 7.72. The zero-order valence-electron chi connectivity index (χ0n) is 17.6. The van der Waals surface area contributed by atoms with E-state index in [1.807, 2.05) is 34.9 Å². The molecule has 5 aromatic rings. The Morgan fingerprint density at radius 3 is 2.65 bits per heavy atom. The van der Waals surface area contributed by atoms with Crippen molar-refractivity contribution in [1.29, 1.82) is 0 Å². The van der Waals surface area contributed by atoms with Gasteiger partial charge in [0, 0.05) is 25.2 Å². The second-order valence-corrected chi connectivity index (χ2v) is 7.72. The summed E-state index contributed by atoms with van der Waals surface area (Å²) in [6, 6.07) is 20.1. The average molecular weight is 412 g/mol. The Balaban J connectivity index is 1.42. The van der Waals surface area contributed by atoms with Gasteiger partial charge >= 0.3 is 0 Å². The number of amides is 1. The molecule has 0 saturated heterocycles. The number of aromatic nitrogens is 3. The molecule has 0 unspecified atom stereocenters. The first-order valence-electron chi connectivity index (χ1n) is 10.5. The number of rotatable bonds is 6. The summed E-state index contributed by atoms with van der Waals surface area (Å²) in [5, 5.41) is 3.05. The van der Waals surface area contributed by atoms with Crippen LogP contribution in [0.5, 0.6) is 0 Å². The van der Waals surface area contributed by atoms with Crippen LogP contribution in [0.25, 0.3) is 22.1 Å². The molecule has 1 N–H and O–H groups in total. The minimum absolute atomic E-state index is 0.145. The smallest absolute Gasteiger partial charge is 0.268 e. The minimum atomic E-state index is -0.145. The van der Waals surface area contributed by atoms with E-state index in [0.717, 1.165) is 34.5 Å². The van der Waals surface area contributed by atoms with Gasteiger partial charge in [-0.1, -0.05) is 42.0 Å². The van der Waals surface area contributed by atoms with Crippen LogP contribution < -0.4 is 5.32 Å². The maximum atomic E-state index is 13.2. The van der Waals surface area contributed by atoms with E-state index in [1.54, 1.807) is 6.26 Å². The summed E-state index contributed by atoms with van der Waals surface area (Å²) in [4.78, 5) is 17.9. The zero-order chi connectivity index (χ0) is 21.4. The Morgan fingerprint density at radius 2 is 1.84 bits per heavy atom. The number of para-hydroxylation sites is 2. The van der Waals surface area contributed by atoms with Crippen LogP contribution >= 0.6 is 0 Å². The monoisotopic (exact) mass is 412 g/mol. The Hall–Kier alpha value is -3.80. The van der Waals surface area contributed by atoms with Crippen molar-refractivity contribution >= 4 is 28.0 Å². The molecule has 1 amide bonds. The molecule has 0 spiro atoms. The number of aryl methyl sites for hydroxylation is 2. The van der Waals surface area contributed by atoms with Crippen LogP contribution in [-0.4, -0.2) is 20.0 Å². The van der Waals surface area contributed by atoms with Crippen molar-refractivity contribution in [2.24, 2.45) is 0 Å². The van der Waals surface area contributed by atoms with Gasteiger partial charge in [-0.25, -0.2) is 4.98 Å². The molecule has 0 aliphatic heterocycles. The fraction of sp³-hybridized carbons (Fsp3) is 0.200. The lowest BCUT2D eigenvalue weighted by Gasteiger charge is -2.12. The topological polar surface area (TPSA) is 65.0 Å². The Labute approximate surface area is 180 Å². The number of fused-ring (bicyclic) bond motifs is 2. The summed E-state index contributed by atoms with van der Waals surface area (Å²) < 4.78 is 9.70. The summed E-state index contributed by atoms with van der Waals surface area (Å²) in [6.07, 6.45) is 1.65. The number of hydrogen-bond donors (Lipinski definition) is 1. The third-order valence-electron chi connectivity index (χ3n) is 5.67. The van der Waals surface area contributed by atoms with Gasteiger partial charge in [0.2, 0.25) is 0 Å². The fourth-order valence-electron chi connectivity index (χ4n) is 4.07. The van der Waals surface area contributed by atoms with Gasteiger partial charge in [-0.3, -0.25) is 4.79 Å². The maximum absolute atomic E-state index is 13.2.